The van der Waals surface area contributed by atoms with E-state index in [9.17, 15) is 9.90 Å². The van der Waals surface area contributed by atoms with Crippen LogP contribution in [-0.4, -0.2) is 17.7 Å². The number of aliphatic hydroxyl groups excluding tert-OH is 1. The van der Waals surface area contributed by atoms with Gasteiger partial charge in [-0.15, -0.1) is 0 Å². The monoisotopic (exact) mass is 318 g/mol. The molecule has 0 aliphatic carbocycles. The number of hydrogen-bond acceptors (Lipinski definition) is 2. The van der Waals surface area contributed by atoms with Gasteiger partial charge in [0.05, 0.1) is 6.10 Å². The maximum atomic E-state index is 11.7. The first-order valence-electron chi connectivity index (χ1n) is 7.14. The van der Waals surface area contributed by atoms with Crippen molar-refractivity contribution in [3.05, 3.63) is 70.7 Å². The molecule has 0 saturated carbocycles. The van der Waals surface area contributed by atoms with Crippen LogP contribution in [-0.2, 0) is 6.54 Å². The number of hydrogen-bond donors (Lipinski definition) is 3. The minimum Gasteiger partial charge on any atom is -0.388 e. The van der Waals surface area contributed by atoms with Gasteiger partial charge < -0.3 is 15.7 Å². The standard InChI is InChI=1S/C17H19ClN2O2/c18-15-8-6-13(7-9-15)12-20-17(22)19-11-10-16(21)14-4-2-1-3-5-14/h1-9,16,21H,10-12H2,(H2,19,20,22)/t16-/m0/s1. The van der Waals surface area contributed by atoms with Crippen molar-refractivity contribution < 1.29 is 9.90 Å². The second kappa shape index (κ2) is 8.41. The Kier molecular flexibility index (Phi) is 6.25. The minimum absolute atomic E-state index is 0.254. The molecule has 2 rings (SSSR count). The third-order valence-electron chi connectivity index (χ3n) is 3.25. The summed E-state index contributed by atoms with van der Waals surface area (Å²) in [7, 11) is 0. The molecule has 0 unspecified atom stereocenters. The van der Waals surface area contributed by atoms with Crippen molar-refractivity contribution in [1.82, 2.24) is 10.6 Å². The smallest absolute Gasteiger partial charge is 0.315 e. The van der Waals surface area contributed by atoms with Crippen molar-refractivity contribution >= 4 is 17.6 Å². The van der Waals surface area contributed by atoms with E-state index in [0.717, 1.165) is 11.1 Å². The third kappa shape index (κ3) is 5.39. The molecule has 4 nitrogen and oxygen atoms in total. The van der Waals surface area contributed by atoms with Gasteiger partial charge in [0.15, 0.2) is 0 Å². The van der Waals surface area contributed by atoms with Crippen LogP contribution in [0, 0.1) is 0 Å². The number of carbonyl (C=O) groups is 1. The van der Waals surface area contributed by atoms with E-state index < -0.39 is 6.10 Å². The van der Waals surface area contributed by atoms with E-state index in [1.807, 2.05) is 42.5 Å². The van der Waals surface area contributed by atoms with Crippen LogP contribution in [0.3, 0.4) is 0 Å². The number of nitrogens with one attached hydrogen (secondary N) is 2. The van der Waals surface area contributed by atoms with Gasteiger partial charge in [-0.3, -0.25) is 0 Å². The summed E-state index contributed by atoms with van der Waals surface area (Å²) in [5.74, 6) is 0. The summed E-state index contributed by atoms with van der Waals surface area (Å²) in [4.78, 5) is 11.7. The average Bonchev–Trinajstić information content (AvgIpc) is 2.55. The number of amides is 2. The first kappa shape index (κ1) is 16.3. The lowest BCUT2D eigenvalue weighted by molar-refractivity contribution is 0.167. The summed E-state index contributed by atoms with van der Waals surface area (Å²) >= 11 is 5.80. The van der Waals surface area contributed by atoms with Crippen LogP contribution in [0.25, 0.3) is 0 Å². The second-order valence-corrected chi connectivity index (χ2v) is 5.39. The van der Waals surface area contributed by atoms with Crippen LogP contribution in [0.2, 0.25) is 5.02 Å². The summed E-state index contributed by atoms with van der Waals surface area (Å²) in [5.41, 5.74) is 1.83. The number of aliphatic hydroxyl groups is 1. The molecular formula is C17H19ClN2O2. The van der Waals surface area contributed by atoms with Crippen LogP contribution in [0.4, 0.5) is 4.79 Å². The SMILES string of the molecule is O=C(NCC[C@H](O)c1ccccc1)NCc1ccc(Cl)cc1. The van der Waals surface area contributed by atoms with E-state index >= 15 is 0 Å². The maximum Gasteiger partial charge on any atom is 0.315 e. The number of rotatable bonds is 6. The molecule has 3 N–H and O–H groups in total. The van der Waals surface area contributed by atoms with Crippen molar-refractivity contribution in [2.75, 3.05) is 6.54 Å². The second-order valence-electron chi connectivity index (χ2n) is 4.95. The molecule has 1 atom stereocenters. The zero-order valence-electron chi connectivity index (χ0n) is 12.1. The molecular weight excluding hydrogens is 300 g/mol. The van der Waals surface area contributed by atoms with Crippen molar-refractivity contribution in [3.63, 3.8) is 0 Å². The fourth-order valence-corrected chi connectivity index (χ4v) is 2.14. The van der Waals surface area contributed by atoms with E-state index in [1.54, 1.807) is 12.1 Å². The number of benzene rings is 2. The third-order valence-corrected chi connectivity index (χ3v) is 3.51. The molecule has 5 heteroatoms. The fraction of sp³-hybridized carbons (Fsp3) is 0.235. The quantitative estimate of drug-likeness (QED) is 0.765. The predicted molar refractivity (Wildman–Crippen MR) is 87.7 cm³/mol. The van der Waals surface area contributed by atoms with Crippen LogP contribution < -0.4 is 10.6 Å². The zero-order valence-corrected chi connectivity index (χ0v) is 12.9. The molecule has 2 aromatic rings. The molecule has 2 aromatic carbocycles. The largest absolute Gasteiger partial charge is 0.388 e. The summed E-state index contributed by atoms with van der Waals surface area (Å²) < 4.78 is 0. The molecule has 0 aliphatic heterocycles. The lowest BCUT2D eigenvalue weighted by Gasteiger charge is -2.12. The van der Waals surface area contributed by atoms with Crippen molar-refractivity contribution in [2.45, 2.75) is 19.1 Å². The Bertz CT molecular complexity index is 587. The molecule has 0 saturated heterocycles. The Balaban J connectivity index is 1.66. The van der Waals surface area contributed by atoms with Gasteiger partial charge in [0.1, 0.15) is 0 Å². The highest BCUT2D eigenvalue weighted by Gasteiger charge is 2.07. The lowest BCUT2D eigenvalue weighted by atomic mass is 10.1. The van der Waals surface area contributed by atoms with Gasteiger partial charge in [0, 0.05) is 18.1 Å². The Labute approximate surface area is 135 Å². The van der Waals surface area contributed by atoms with Crippen molar-refractivity contribution in [2.24, 2.45) is 0 Å². The Morgan fingerprint density at radius 1 is 1.05 bits per heavy atom. The van der Waals surface area contributed by atoms with Gasteiger partial charge >= 0.3 is 6.03 Å². The highest BCUT2D eigenvalue weighted by Crippen LogP contribution is 2.14. The molecule has 0 radical (unpaired) electrons. The number of urea groups is 1. The van der Waals surface area contributed by atoms with E-state index in [2.05, 4.69) is 10.6 Å². The van der Waals surface area contributed by atoms with Crippen molar-refractivity contribution in [3.8, 4) is 0 Å². The number of carbonyl (C=O) groups excluding carboxylic acids is 1. The van der Waals surface area contributed by atoms with Gasteiger partial charge in [-0.2, -0.15) is 0 Å². The maximum absolute atomic E-state index is 11.7. The van der Waals surface area contributed by atoms with Crippen LogP contribution in [0.5, 0.6) is 0 Å². The summed E-state index contributed by atoms with van der Waals surface area (Å²) in [6.07, 6.45) is -0.101. The van der Waals surface area contributed by atoms with Gasteiger partial charge in [-0.1, -0.05) is 54.1 Å². The van der Waals surface area contributed by atoms with Crippen molar-refractivity contribution in [1.29, 1.82) is 0 Å². The molecule has 0 aliphatic rings. The van der Waals surface area contributed by atoms with Gasteiger partial charge in [0.2, 0.25) is 0 Å². The summed E-state index contributed by atoms with van der Waals surface area (Å²) in [6.45, 7) is 0.840. The van der Waals surface area contributed by atoms with Gasteiger partial charge in [-0.05, 0) is 29.7 Å². The Morgan fingerprint density at radius 3 is 2.41 bits per heavy atom. The Hall–Kier alpha value is -2.04. The first-order chi connectivity index (χ1) is 10.6. The highest BCUT2D eigenvalue weighted by molar-refractivity contribution is 6.30. The zero-order chi connectivity index (χ0) is 15.8. The van der Waals surface area contributed by atoms with Crippen LogP contribution in [0.15, 0.2) is 54.6 Å². The first-order valence-corrected chi connectivity index (χ1v) is 7.52. The fourth-order valence-electron chi connectivity index (χ4n) is 2.01. The van der Waals surface area contributed by atoms with E-state index in [1.165, 1.54) is 0 Å². The van der Waals surface area contributed by atoms with E-state index in [0.29, 0.717) is 24.5 Å². The molecule has 116 valence electrons. The van der Waals surface area contributed by atoms with Crippen LogP contribution >= 0.6 is 11.6 Å². The molecule has 0 aromatic heterocycles. The summed E-state index contributed by atoms with van der Waals surface area (Å²) in [6, 6.07) is 16.4. The van der Waals surface area contributed by atoms with E-state index in [-0.39, 0.29) is 6.03 Å². The Morgan fingerprint density at radius 2 is 1.73 bits per heavy atom. The predicted octanol–water partition coefficient (Wildman–Crippen LogP) is 3.26. The topological polar surface area (TPSA) is 61.4 Å². The summed E-state index contributed by atoms with van der Waals surface area (Å²) in [5, 5.41) is 16.1. The molecule has 2 amide bonds. The minimum atomic E-state index is -0.572. The number of halogens is 1. The molecule has 0 heterocycles. The molecule has 0 bridgehead atoms. The van der Waals surface area contributed by atoms with Crippen LogP contribution in [0.1, 0.15) is 23.7 Å². The molecule has 0 spiro atoms. The molecule has 22 heavy (non-hydrogen) atoms. The average molecular weight is 319 g/mol. The molecule has 0 fully saturated rings. The van der Waals surface area contributed by atoms with Gasteiger partial charge in [0.25, 0.3) is 0 Å². The lowest BCUT2D eigenvalue weighted by Crippen LogP contribution is -2.36. The van der Waals surface area contributed by atoms with Gasteiger partial charge in [-0.25, -0.2) is 4.79 Å². The normalized spacial score (nSPS) is 11.7. The van der Waals surface area contributed by atoms with E-state index in [4.69, 9.17) is 11.6 Å². The highest BCUT2D eigenvalue weighted by atomic mass is 35.5.